The molecule has 1 aromatic heterocycles. The molecule has 7 heteroatoms. The van der Waals surface area contributed by atoms with Crippen molar-refractivity contribution in [2.24, 2.45) is 5.10 Å². The lowest BCUT2D eigenvalue weighted by molar-refractivity contribution is -0.384. The number of nitro benzene ring substituents is 1. The van der Waals surface area contributed by atoms with E-state index in [4.69, 9.17) is 0 Å². The minimum absolute atomic E-state index is 0.00202. The number of amides is 1. The normalized spacial score (nSPS) is 11.3. The maximum Gasteiger partial charge on any atom is 0.271 e. The molecule has 5 aromatic rings. The van der Waals surface area contributed by atoms with Crippen molar-refractivity contribution < 1.29 is 9.72 Å². The number of rotatable bonds is 6. The van der Waals surface area contributed by atoms with Crippen LogP contribution in [0.5, 0.6) is 0 Å². The van der Waals surface area contributed by atoms with E-state index in [1.165, 1.54) is 40.2 Å². The van der Waals surface area contributed by atoms with Crippen LogP contribution in [-0.2, 0) is 6.54 Å². The Kier molecular flexibility index (Phi) is 5.58. The molecule has 0 atom stereocenters. The van der Waals surface area contributed by atoms with E-state index in [2.05, 4.69) is 51.5 Å². The van der Waals surface area contributed by atoms with Crippen LogP contribution >= 0.6 is 0 Å². The van der Waals surface area contributed by atoms with Crippen LogP contribution in [0.25, 0.3) is 21.8 Å². The van der Waals surface area contributed by atoms with Gasteiger partial charge in [0.2, 0.25) is 0 Å². The Hall–Kier alpha value is -4.78. The number of hydrogen-bond acceptors (Lipinski definition) is 4. The topological polar surface area (TPSA) is 89.5 Å². The molecule has 0 saturated carbocycles. The van der Waals surface area contributed by atoms with Gasteiger partial charge in [-0.2, -0.15) is 5.10 Å². The highest BCUT2D eigenvalue weighted by Gasteiger charge is 2.11. The van der Waals surface area contributed by atoms with Crippen molar-refractivity contribution in [1.29, 1.82) is 0 Å². The summed E-state index contributed by atoms with van der Waals surface area (Å²) in [4.78, 5) is 22.7. The lowest BCUT2D eigenvalue weighted by atomic mass is 10.1. The van der Waals surface area contributed by atoms with Crippen molar-refractivity contribution in [3.8, 4) is 0 Å². The molecule has 4 aromatic carbocycles. The molecule has 0 aliphatic heterocycles. The SMILES string of the molecule is O=C(N/N=C/c1ccc([N+](=O)[O-])cc1)c1ccc(Cn2c3ccccc3c3ccccc32)cc1. The number of aromatic nitrogens is 1. The monoisotopic (exact) mass is 448 g/mol. The highest BCUT2D eigenvalue weighted by molar-refractivity contribution is 6.08. The number of non-ortho nitro benzene ring substituents is 1. The van der Waals surface area contributed by atoms with Crippen LogP contribution in [0.2, 0.25) is 0 Å². The van der Waals surface area contributed by atoms with Gasteiger partial charge in [-0.05, 0) is 47.5 Å². The average Bonchev–Trinajstić information content (AvgIpc) is 3.18. The summed E-state index contributed by atoms with van der Waals surface area (Å²) in [7, 11) is 0. The number of para-hydroxylation sites is 2. The third-order valence-electron chi connectivity index (χ3n) is 5.72. The number of carbonyl (C=O) groups is 1. The van der Waals surface area contributed by atoms with E-state index in [-0.39, 0.29) is 11.6 Å². The smallest absolute Gasteiger partial charge is 0.271 e. The van der Waals surface area contributed by atoms with Crippen LogP contribution in [0.1, 0.15) is 21.5 Å². The molecule has 7 nitrogen and oxygen atoms in total. The van der Waals surface area contributed by atoms with Crippen molar-refractivity contribution in [1.82, 2.24) is 9.99 Å². The van der Waals surface area contributed by atoms with E-state index in [0.29, 0.717) is 17.7 Å². The fourth-order valence-electron chi connectivity index (χ4n) is 4.03. The Labute approximate surface area is 195 Å². The van der Waals surface area contributed by atoms with Gasteiger partial charge in [-0.15, -0.1) is 0 Å². The van der Waals surface area contributed by atoms with Gasteiger partial charge in [0.25, 0.3) is 11.6 Å². The van der Waals surface area contributed by atoms with Gasteiger partial charge >= 0.3 is 0 Å². The first-order valence-corrected chi connectivity index (χ1v) is 10.7. The third kappa shape index (κ3) is 4.14. The van der Waals surface area contributed by atoms with Gasteiger partial charge in [-0.1, -0.05) is 48.5 Å². The number of nitrogens with one attached hydrogen (secondary N) is 1. The Morgan fingerprint density at radius 3 is 2.03 bits per heavy atom. The van der Waals surface area contributed by atoms with Crippen LogP contribution in [0.4, 0.5) is 5.69 Å². The Morgan fingerprint density at radius 1 is 0.853 bits per heavy atom. The minimum atomic E-state index is -0.465. The van der Waals surface area contributed by atoms with Crippen LogP contribution in [0.15, 0.2) is 102 Å². The maximum atomic E-state index is 12.4. The van der Waals surface area contributed by atoms with E-state index < -0.39 is 4.92 Å². The van der Waals surface area contributed by atoms with Crippen molar-refractivity contribution in [2.45, 2.75) is 6.54 Å². The summed E-state index contributed by atoms with van der Waals surface area (Å²) in [6.45, 7) is 0.689. The van der Waals surface area contributed by atoms with Gasteiger partial charge in [0, 0.05) is 46.0 Å². The number of carbonyl (C=O) groups excluding carboxylic acids is 1. The molecule has 5 rings (SSSR count). The molecule has 1 N–H and O–H groups in total. The number of benzene rings is 4. The van der Waals surface area contributed by atoms with Gasteiger partial charge in [-0.3, -0.25) is 14.9 Å². The summed E-state index contributed by atoms with van der Waals surface area (Å²) < 4.78 is 2.29. The van der Waals surface area contributed by atoms with E-state index in [0.717, 1.165) is 5.56 Å². The maximum absolute atomic E-state index is 12.4. The molecular formula is C27H20N4O3. The van der Waals surface area contributed by atoms with Crippen molar-refractivity contribution >= 4 is 39.6 Å². The fourth-order valence-corrected chi connectivity index (χ4v) is 4.03. The number of hydrogen-bond donors (Lipinski definition) is 1. The molecule has 166 valence electrons. The molecule has 1 amide bonds. The Bertz CT molecular complexity index is 1480. The summed E-state index contributed by atoms with van der Waals surface area (Å²) in [5.74, 6) is -0.332. The molecule has 34 heavy (non-hydrogen) atoms. The van der Waals surface area contributed by atoms with Gasteiger partial charge in [0.1, 0.15) is 0 Å². The quantitative estimate of drug-likeness (QED) is 0.211. The molecule has 0 aliphatic carbocycles. The van der Waals surface area contributed by atoms with Crippen molar-refractivity contribution in [3.05, 3.63) is 124 Å². The lowest BCUT2D eigenvalue weighted by Crippen LogP contribution is -2.17. The molecule has 0 bridgehead atoms. The number of fused-ring (bicyclic) bond motifs is 3. The predicted molar refractivity (Wildman–Crippen MR) is 133 cm³/mol. The average molecular weight is 448 g/mol. The molecule has 0 radical (unpaired) electrons. The van der Waals surface area contributed by atoms with Gasteiger partial charge < -0.3 is 4.57 Å². The third-order valence-corrected chi connectivity index (χ3v) is 5.72. The first-order chi connectivity index (χ1) is 16.6. The summed E-state index contributed by atoms with van der Waals surface area (Å²) >= 11 is 0. The molecule has 0 aliphatic rings. The molecule has 0 fully saturated rings. The number of nitro groups is 1. The summed E-state index contributed by atoms with van der Waals surface area (Å²) in [6.07, 6.45) is 1.44. The fraction of sp³-hybridized carbons (Fsp3) is 0.0370. The second-order valence-electron chi connectivity index (χ2n) is 7.87. The van der Waals surface area contributed by atoms with Crippen LogP contribution in [0, 0.1) is 10.1 Å². The van der Waals surface area contributed by atoms with Gasteiger partial charge in [0.05, 0.1) is 11.1 Å². The van der Waals surface area contributed by atoms with Crippen LogP contribution < -0.4 is 5.43 Å². The summed E-state index contributed by atoms with van der Waals surface area (Å²) in [5.41, 5.74) is 7.06. The van der Waals surface area contributed by atoms with E-state index >= 15 is 0 Å². The highest BCUT2D eigenvalue weighted by Crippen LogP contribution is 2.29. The second-order valence-corrected chi connectivity index (χ2v) is 7.87. The first kappa shape index (κ1) is 21.1. The zero-order chi connectivity index (χ0) is 23.5. The van der Waals surface area contributed by atoms with Gasteiger partial charge in [0.15, 0.2) is 0 Å². The highest BCUT2D eigenvalue weighted by atomic mass is 16.6. The van der Waals surface area contributed by atoms with Gasteiger partial charge in [-0.25, -0.2) is 5.43 Å². The number of hydrazone groups is 1. The largest absolute Gasteiger partial charge is 0.336 e. The number of nitrogens with zero attached hydrogens (tertiary/aromatic N) is 3. The van der Waals surface area contributed by atoms with Crippen LogP contribution in [0.3, 0.4) is 0 Å². The molecule has 0 saturated heterocycles. The van der Waals surface area contributed by atoms with E-state index in [1.807, 2.05) is 24.3 Å². The Balaban J connectivity index is 1.29. The second kappa shape index (κ2) is 8.99. The first-order valence-electron chi connectivity index (χ1n) is 10.7. The lowest BCUT2D eigenvalue weighted by Gasteiger charge is -2.08. The zero-order valence-corrected chi connectivity index (χ0v) is 18.1. The molecule has 1 heterocycles. The zero-order valence-electron chi connectivity index (χ0n) is 18.1. The predicted octanol–water partition coefficient (Wildman–Crippen LogP) is 5.51. The standard InChI is InChI=1S/C27H20N4O3/c32-27(29-28-17-19-11-15-22(16-12-19)31(33)34)21-13-9-20(10-14-21)18-30-25-7-3-1-5-23(25)24-6-2-4-8-26(24)30/h1-17H,18H2,(H,29,32)/b28-17+. The van der Waals surface area contributed by atoms with Crippen molar-refractivity contribution in [2.75, 3.05) is 0 Å². The molecular weight excluding hydrogens is 428 g/mol. The van der Waals surface area contributed by atoms with E-state index in [1.54, 1.807) is 24.3 Å². The van der Waals surface area contributed by atoms with Crippen molar-refractivity contribution in [3.63, 3.8) is 0 Å². The minimum Gasteiger partial charge on any atom is -0.336 e. The molecule has 0 spiro atoms. The summed E-state index contributed by atoms with van der Waals surface area (Å²) in [5, 5.41) is 17.1. The summed E-state index contributed by atoms with van der Waals surface area (Å²) in [6, 6.07) is 30.1. The van der Waals surface area contributed by atoms with E-state index in [9.17, 15) is 14.9 Å². The van der Waals surface area contributed by atoms with Crippen LogP contribution in [-0.4, -0.2) is 21.6 Å². The Morgan fingerprint density at radius 2 is 1.44 bits per heavy atom. The molecule has 0 unspecified atom stereocenters.